The van der Waals surface area contributed by atoms with E-state index in [4.69, 9.17) is 0 Å². The molecule has 1 saturated heterocycles. The van der Waals surface area contributed by atoms with Crippen LogP contribution in [-0.2, 0) is 4.79 Å². The number of anilines is 1. The van der Waals surface area contributed by atoms with Gasteiger partial charge in [-0.05, 0) is 30.5 Å². The number of carbonyl (C=O) groups is 2. The summed E-state index contributed by atoms with van der Waals surface area (Å²) >= 11 is 0. The standard InChI is InChI=1S/C18H16N4O2/c23-16-14-6-2-1-5-13(14)15(17(24)21-16)9-12-10-19-18(20-11-12)22-7-3-4-8-22/h1-2,5-6,9-11H,3-4,7-8H2,(H,21,23,24)/b15-9-. The van der Waals surface area contributed by atoms with Crippen molar-refractivity contribution in [3.8, 4) is 0 Å². The van der Waals surface area contributed by atoms with E-state index in [0.29, 0.717) is 16.7 Å². The van der Waals surface area contributed by atoms with Crippen LogP contribution in [0, 0.1) is 0 Å². The van der Waals surface area contributed by atoms with E-state index in [-0.39, 0.29) is 5.91 Å². The molecule has 0 atom stereocenters. The molecule has 0 radical (unpaired) electrons. The number of rotatable bonds is 2. The first kappa shape index (κ1) is 14.6. The molecule has 0 spiro atoms. The summed E-state index contributed by atoms with van der Waals surface area (Å²) in [5, 5.41) is 2.37. The fourth-order valence-corrected chi connectivity index (χ4v) is 3.07. The third-order valence-corrected chi connectivity index (χ3v) is 4.29. The summed E-state index contributed by atoms with van der Waals surface area (Å²) in [6.07, 6.45) is 7.47. The topological polar surface area (TPSA) is 75.2 Å². The fraction of sp³-hybridized carbons (Fsp3) is 0.222. The minimum atomic E-state index is -0.401. The van der Waals surface area contributed by atoms with Crippen molar-refractivity contribution in [1.82, 2.24) is 15.3 Å². The number of carbonyl (C=O) groups excluding carboxylic acids is 2. The number of hydrogen-bond donors (Lipinski definition) is 1. The Hall–Kier alpha value is -3.02. The monoisotopic (exact) mass is 320 g/mol. The van der Waals surface area contributed by atoms with Crippen LogP contribution in [0.25, 0.3) is 11.6 Å². The lowest BCUT2D eigenvalue weighted by atomic mass is 9.94. The molecule has 120 valence electrons. The predicted molar refractivity (Wildman–Crippen MR) is 90.3 cm³/mol. The molecule has 24 heavy (non-hydrogen) atoms. The Balaban J connectivity index is 1.68. The molecule has 2 amide bonds. The molecule has 1 aromatic carbocycles. The number of aromatic nitrogens is 2. The molecule has 1 fully saturated rings. The Morgan fingerprint density at radius 1 is 0.958 bits per heavy atom. The third-order valence-electron chi connectivity index (χ3n) is 4.29. The lowest BCUT2D eigenvalue weighted by Gasteiger charge is -2.18. The Morgan fingerprint density at radius 3 is 2.33 bits per heavy atom. The van der Waals surface area contributed by atoms with Crippen molar-refractivity contribution >= 4 is 29.4 Å². The molecule has 6 nitrogen and oxygen atoms in total. The Morgan fingerprint density at radius 2 is 1.62 bits per heavy atom. The average Bonchev–Trinajstić information content (AvgIpc) is 3.14. The molecule has 2 aromatic rings. The first-order valence-corrected chi connectivity index (χ1v) is 7.96. The van der Waals surface area contributed by atoms with Gasteiger partial charge in [-0.1, -0.05) is 18.2 Å². The molecule has 3 heterocycles. The molecule has 2 aliphatic rings. The highest BCUT2D eigenvalue weighted by Crippen LogP contribution is 2.26. The molecular weight excluding hydrogens is 304 g/mol. The zero-order valence-electron chi connectivity index (χ0n) is 13.0. The molecular formula is C18H16N4O2. The highest BCUT2D eigenvalue weighted by molar-refractivity contribution is 6.33. The smallest absolute Gasteiger partial charge is 0.258 e. The van der Waals surface area contributed by atoms with Gasteiger partial charge in [-0.15, -0.1) is 0 Å². The molecule has 0 aliphatic carbocycles. The quantitative estimate of drug-likeness (QED) is 0.675. The summed E-state index contributed by atoms with van der Waals surface area (Å²) < 4.78 is 0. The van der Waals surface area contributed by atoms with Crippen LogP contribution in [0.5, 0.6) is 0 Å². The zero-order valence-corrected chi connectivity index (χ0v) is 13.0. The van der Waals surface area contributed by atoms with Gasteiger partial charge in [0, 0.05) is 42.2 Å². The molecule has 0 bridgehead atoms. The minimum Gasteiger partial charge on any atom is -0.341 e. The fourth-order valence-electron chi connectivity index (χ4n) is 3.07. The lowest BCUT2D eigenvalue weighted by Crippen LogP contribution is -2.36. The van der Waals surface area contributed by atoms with Gasteiger partial charge in [0.25, 0.3) is 11.8 Å². The number of amides is 2. The lowest BCUT2D eigenvalue weighted by molar-refractivity contribution is -0.114. The number of nitrogens with one attached hydrogen (secondary N) is 1. The second kappa shape index (κ2) is 5.88. The van der Waals surface area contributed by atoms with Gasteiger partial charge in [-0.2, -0.15) is 0 Å². The summed E-state index contributed by atoms with van der Waals surface area (Å²) in [5.74, 6) is -0.0472. The third kappa shape index (κ3) is 2.56. The van der Waals surface area contributed by atoms with Gasteiger partial charge in [0.1, 0.15) is 0 Å². The van der Waals surface area contributed by atoms with Crippen LogP contribution in [0.1, 0.15) is 34.3 Å². The Kier molecular flexibility index (Phi) is 3.57. The van der Waals surface area contributed by atoms with E-state index >= 15 is 0 Å². The van der Waals surface area contributed by atoms with E-state index in [9.17, 15) is 9.59 Å². The van der Waals surface area contributed by atoms with E-state index < -0.39 is 5.91 Å². The molecule has 0 unspecified atom stereocenters. The van der Waals surface area contributed by atoms with Gasteiger partial charge < -0.3 is 4.90 Å². The summed E-state index contributed by atoms with van der Waals surface area (Å²) in [7, 11) is 0. The van der Waals surface area contributed by atoms with E-state index in [1.165, 1.54) is 12.8 Å². The molecule has 2 aliphatic heterocycles. The zero-order chi connectivity index (χ0) is 16.5. The highest BCUT2D eigenvalue weighted by Gasteiger charge is 2.26. The number of fused-ring (bicyclic) bond motifs is 1. The van der Waals surface area contributed by atoms with Gasteiger partial charge in [0.15, 0.2) is 0 Å². The van der Waals surface area contributed by atoms with E-state index in [0.717, 1.165) is 24.6 Å². The first-order chi connectivity index (χ1) is 11.7. The van der Waals surface area contributed by atoms with Crippen LogP contribution in [0.2, 0.25) is 0 Å². The maximum absolute atomic E-state index is 12.2. The molecule has 1 aromatic heterocycles. The summed E-state index contributed by atoms with van der Waals surface area (Å²) in [6.45, 7) is 1.97. The van der Waals surface area contributed by atoms with Crippen molar-refractivity contribution < 1.29 is 9.59 Å². The van der Waals surface area contributed by atoms with Crippen LogP contribution in [0.15, 0.2) is 36.7 Å². The van der Waals surface area contributed by atoms with Gasteiger partial charge >= 0.3 is 0 Å². The molecule has 6 heteroatoms. The van der Waals surface area contributed by atoms with Crippen molar-refractivity contribution in [1.29, 1.82) is 0 Å². The van der Waals surface area contributed by atoms with E-state index in [2.05, 4.69) is 20.2 Å². The Bertz CT molecular complexity index is 836. The number of nitrogens with zero attached hydrogens (tertiary/aromatic N) is 3. The minimum absolute atomic E-state index is 0.367. The van der Waals surface area contributed by atoms with Crippen LogP contribution in [0.3, 0.4) is 0 Å². The second-order valence-electron chi connectivity index (χ2n) is 5.90. The van der Waals surface area contributed by atoms with E-state index in [1.807, 2.05) is 6.07 Å². The maximum Gasteiger partial charge on any atom is 0.258 e. The number of imide groups is 1. The number of hydrogen-bond acceptors (Lipinski definition) is 5. The summed E-state index contributed by atoms with van der Waals surface area (Å²) in [6, 6.07) is 7.07. The predicted octanol–water partition coefficient (Wildman–Crippen LogP) is 1.89. The van der Waals surface area contributed by atoms with Crippen LogP contribution in [-0.4, -0.2) is 34.9 Å². The van der Waals surface area contributed by atoms with Gasteiger partial charge in [0.2, 0.25) is 5.95 Å². The van der Waals surface area contributed by atoms with Crippen molar-refractivity contribution in [2.45, 2.75) is 12.8 Å². The van der Waals surface area contributed by atoms with Gasteiger partial charge in [-0.25, -0.2) is 9.97 Å². The van der Waals surface area contributed by atoms with E-state index in [1.54, 1.807) is 36.7 Å². The van der Waals surface area contributed by atoms with Gasteiger partial charge in [0.05, 0.1) is 0 Å². The summed E-state index contributed by atoms with van der Waals surface area (Å²) in [4.78, 5) is 35.0. The number of benzene rings is 1. The maximum atomic E-state index is 12.2. The van der Waals surface area contributed by atoms with Crippen LogP contribution in [0.4, 0.5) is 5.95 Å². The van der Waals surface area contributed by atoms with Crippen molar-refractivity contribution in [3.05, 3.63) is 53.3 Å². The SMILES string of the molecule is O=C1NC(=O)c2ccccc2/C1=C/c1cnc(N2CCCC2)nc1. The summed E-state index contributed by atoms with van der Waals surface area (Å²) in [5.41, 5.74) is 2.31. The molecule has 4 rings (SSSR count). The normalized spacial score (nSPS) is 18.7. The second-order valence-corrected chi connectivity index (χ2v) is 5.90. The van der Waals surface area contributed by atoms with Gasteiger partial charge in [-0.3, -0.25) is 14.9 Å². The largest absolute Gasteiger partial charge is 0.341 e. The first-order valence-electron chi connectivity index (χ1n) is 7.96. The van der Waals surface area contributed by atoms with Crippen molar-refractivity contribution in [2.24, 2.45) is 0 Å². The van der Waals surface area contributed by atoms with Crippen LogP contribution >= 0.6 is 0 Å². The molecule has 0 saturated carbocycles. The van der Waals surface area contributed by atoms with Crippen molar-refractivity contribution in [2.75, 3.05) is 18.0 Å². The average molecular weight is 320 g/mol. The van der Waals surface area contributed by atoms with Crippen LogP contribution < -0.4 is 10.2 Å². The molecule has 1 N–H and O–H groups in total. The highest BCUT2D eigenvalue weighted by atomic mass is 16.2. The Labute approximate surface area is 139 Å². The van der Waals surface area contributed by atoms with Crippen molar-refractivity contribution in [3.63, 3.8) is 0 Å².